The number of hydrogen-bond acceptors (Lipinski definition) is 6. The number of para-hydroxylation sites is 2. The van der Waals surface area contributed by atoms with Crippen LogP contribution in [-0.2, 0) is 11.3 Å². The van der Waals surface area contributed by atoms with Gasteiger partial charge >= 0.3 is 0 Å². The van der Waals surface area contributed by atoms with Crippen LogP contribution < -0.4 is 30.1 Å². The Morgan fingerprint density at radius 2 is 1.53 bits per heavy atom. The number of hydrogen-bond donors (Lipinski definition) is 1. The zero-order valence-corrected chi connectivity index (χ0v) is 25.3. The summed E-state index contributed by atoms with van der Waals surface area (Å²) in [6, 6.07) is 34.3. The third kappa shape index (κ3) is 5.05. The predicted octanol–water partition coefficient (Wildman–Crippen LogP) is 5.35. The van der Waals surface area contributed by atoms with Crippen LogP contribution in [0.4, 0.5) is 17.1 Å². The molecule has 212 valence electrons. The average molecular weight is 622 g/mol. The van der Waals surface area contributed by atoms with E-state index in [2.05, 4.69) is 5.43 Å². The zero-order chi connectivity index (χ0) is 29.5. The van der Waals surface area contributed by atoms with Crippen LogP contribution in [0.15, 0.2) is 124 Å². The van der Waals surface area contributed by atoms with E-state index in [4.69, 9.17) is 16.6 Å². The first-order valence-corrected chi connectivity index (χ1v) is 15.5. The number of benzene rings is 4. The SMILES string of the molecule is CN1/C(=c2/s/c(=C3/C(=O)N(c4ccccc4)NC3=Nc3ccccc3)n(Cc3ccccc3)c2=O)Sc2ccc(Cl)cc21. The van der Waals surface area contributed by atoms with Crippen molar-refractivity contribution in [2.75, 3.05) is 17.0 Å². The van der Waals surface area contributed by atoms with Gasteiger partial charge in [-0.2, -0.15) is 0 Å². The summed E-state index contributed by atoms with van der Waals surface area (Å²) >= 11 is 9.14. The molecule has 4 aromatic carbocycles. The van der Waals surface area contributed by atoms with E-state index in [0.717, 1.165) is 21.2 Å². The van der Waals surface area contributed by atoms with Crippen LogP contribution in [0.3, 0.4) is 0 Å². The van der Waals surface area contributed by atoms with Crippen LogP contribution in [0.2, 0.25) is 5.02 Å². The molecule has 0 atom stereocenters. The lowest BCUT2D eigenvalue weighted by molar-refractivity contribution is -0.113. The quantitative estimate of drug-likeness (QED) is 0.293. The highest BCUT2D eigenvalue weighted by Crippen LogP contribution is 2.46. The number of nitrogens with zero attached hydrogens (tertiary/aromatic N) is 4. The normalized spacial score (nSPS) is 17.9. The van der Waals surface area contributed by atoms with Gasteiger partial charge in [-0.3, -0.25) is 19.6 Å². The number of amidine groups is 1. The summed E-state index contributed by atoms with van der Waals surface area (Å²) in [5.74, 6) is 0.0881. The second kappa shape index (κ2) is 11.3. The van der Waals surface area contributed by atoms with Gasteiger partial charge in [0, 0.05) is 17.0 Å². The summed E-state index contributed by atoms with van der Waals surface area (Å²) in [5.41, 5.74) is 6.63. The van der Waals surface area contributed by atoms with Gasteiger partial charge in [0.1, 0.15) is 19.8 Å². The number of rotatable bonds is 4. The smallest absolute Gasteiger partial charge is 0.283 e. The fourth-order valence-corrected chi connectivity index (χ4v) is 7.69. The number of halogens is 1. The molecule has 1 aromatic heterocycles. The Morgan fingerprint density at radius 1 is 0.860 bits per heavy atom. The van der Waals surface area contributed by atoms with Crippen molar-refractivity contribution in [1.82, 2.24) is 9.99 Å². The van der Waals surface area contributed by atoms with Gasteiger partial charge in [-0.1, -0.05) is 90.1 Å². The molecule has 7 nitrogen and oxygen atoms in total. The molecule has 0 unspecified atom stereocenters. The first-order valence-electron chi connectivity index (χ1n) is 13.5. The Labute approximate surface area is 260 Å². The van der Waals surface area contributed by atoms with Gasteiger partial charge in [0.2, 0.25) is 0 Å². The maximum Gasteiger partial charge on any atom is 0.283 e. The van der Waals surface area contributed by atoms with E-state index in [0.29, 0.717) is 43.5 Å². The molecule has 0 saturated carbocycles. The van der Waals surface area contributed by atoms with Crippen molar-refractivity contribution in [1.29, 1.82) is 0 Å². The number of aromatic nitrogens is 1. The van der Waals surface area contributed by atoms with E-state index in [1.807, 2.05) is 121 Å². The van der Waals surface area contributed by atoms with Crippen LogP contribution in [0, 0.1) is 0 Å². The first kappa shape index (κ1) is 27.3. The summed E-state index contributed by atoms with van der Waals surface area (Å²) in [4.78, 5) is 36.4. The zero-order valence-electron chi connectivity index (χ0n) is 22.9. The van der Waals surface area contributed by atoms with E-state index in [1.165, 1.54) is 28.1 Å². The van der Waals surface area contributed by atoms with E-state index < -0.39 is 0 Å². The maximum atomic E-state index is 14.3. The minimum Gasteiger partial charge on any atom is -0.337 e. The summed E-state index contributed by atoms with van der Waals surface area (Å²) in [7, 11) is 1.93. The molecule has 1 amide bonds. The second-order valence-corrected chi connectivity index (χ2v) is 12.4. The summed E-state index contributed by atoms with van der Waals surface area (Å²) in [6.07, 6.45) is 0. The van der Waals surface area contributed by atoms with Crippen molar-refractivity contribution in [2.24, 2.45) is 4.99 Å². The number of carbonyl (C=O) groups excluding carboxylic acids is 1. The highest BCUT2D eigenvalue weighted by Gasteiger charge is 2.36. The van der Waals surface area contributed by atoms with Gasteiger partial charge < -0.3 is 4.90 Å². The lowest BCUT2D eigenvalue weighted by atomic mass is 10.2. The predicted molar refractivity (Wildman–Crippen MR) is 177 cm³/mol. The Balaban J connectivity index is 1.51. The highest BCUT2D eigenvalue weighted by molar-refractivity contribution is 8.08. The second-order valence-electron chi connectivity index (χ2n) is 9.95. The minimum atomic E-state index is -0.289. The molecule has 7 rings (SSSR count). The van der Waals surface area contributed by atoms with Crippen LogP contribution in [0.1, 0.15) is 5.56 Å². The van der Waals surface area contributed by atoms with Crippen LogP contribution >= 0.6 is 34.7 Å². The topological polar surface area (TPSA) is 69.9 Å². The molecule has 3 heterocycles. The molecule has 0 radical (unpaired) electrons. The highest BCUT2D eigenvalue weighted by atomic mass is 35.5. The van der Waals surface area contributed by atoms with Crippen molar-refractivity contribution in [3.8, 4) is 0 Å². The fourth-order valence-electron chi connectivity index (χ4n) is 5.05. The maximum absolute atomic E-state index is 14.3. The first-order chi connectivity index (χ1) is 21.0. The Kier molecular flexibility index (Phi) is 7.14. The molecule has 1 N–H and O–H groups in total. The van der Waals surface area contributed by atoms with Crippen LogP contribution in [0.25, 0.3) is 10.6 Å². The molecular formula is C33H24ClN5O2S2. The van der Waals surface area contributed by atoms with Gasteiger partial charge in [0.25, 0.3) is 11.5 Å². The number of amides is 1. The fraction of sp³-hybridized carbons (Fsp3) is 0.0606. The number of anilines is 2. The molecular weight excluding hydrogens is 598 g/mol. The number of hydrazine groups is 1. The molecule has 43 heavy (non-hydrogen) atoms. The molecule has 1 fully saturated rings. The molecule has 0 spiro atoms. The van der Waals surface area contributed by atoms with Gasteiger partial charge in [0.05, 0.1) is 23.6 Å². The average Bonchev–Trinajstić information content (AvgIpc) is 3.64. The van der Waals surface area contributed by atoms with E-state index in [9.17, 15) is 9.59 Å². The number of thiazole rings is 1. The summed E-state index contributed by atoms with van der Waals surface area (Å²) in [5, 5.41) is 2.90. The van der Waals surface area contributed by atoms with Crippen molar-refractivity contribution in [3.63, 3.8) is 0 Å². The Morgan fingerprint density at radius 3 is 2.26 bits per heavy atom. The molecule has 1 saturated heterocycles. The van der Waals surface area contributed by atoms with E-state index >= 15 is 0 Å². The largest absolute Gasteiger partial charge is 0.337 e. The monoisotopic (exact) mass is 621 g/mol. The number of carbonyl (C=O) groups is 1. The summed E-state index contributed by atoms with van der Waals surface area (Å²) < 4.78 is 2.77. The van der Waals surface area contributed by atoms with Crippen LogP contribution in [0.5, 0.6) is 0 Å². The van der Waals surface area contributed by atoms with Gasteiger partial charge in [-0.15, -0.1) is 11.3 Å². The lowest BCUT2D eigenvalue weighted by Gasteiger charge is -2.14. The van der Waals surface area contributed by atoms with Gasteiger partial charge in [-0.05, 0) is 48.0 Å². The van der Waals surface area contributed by atoms with Crippen molar-refractivity contribution in [2.45, 2.75) is 11.4 Å². The Hall–Kier alpha value is -4.57. The van der Waals surface area contributed by atoms with Gasteiger partial charge in [0.15, 0.2) is 5.84 Å². The van der Waals surface area contributed by atoms with Crippen molar-refractivity contribution in [3.05, 3.63) is 139 Å². The number of thioether (sulfide) groups is 1. The molecule has 2 aliphatic rings. The standard InChI is InChI=1S/C33H24ClN5O2S2/c1-37-25-19-22(34)17-18-26(25)42-33(37)28-31(41)38(20-21-11-5-2-6-12-21)32(43-28)27-29(35-23-13-7-3-8-14-23)36-39(30(27)40)24-15-9-4-10-16-24/h2-19H,20H2,1H3,(H,35,36)/b32-27+,33-28-. The lowest BCUT2D eigenvalue weighted by Crippen LogP contribution is -2.36. The molecule has 10 heteroatoms. The number of fused-ring (bicyclic) bond motifs is 1. The third-order valence-corrected chi connectivity index (χ3v) is 9.94. The summed E-state index contributed by atoms with van der Waals surface area (Å²) in [6.45, 7) is 0.298. The molecule has 2 aliphatic heterocycles. The number of aliphatic imine (C=N–C) groups is 1. The van der Waals surface area contributed by atoms with E-state index in [1.54, 1.807) is 4.57 Å². The minimum absolute atomic E-state index is 0.172. The molecule has 0 bridgehead atoms. The van der Waals surface area contributed by atoms with Crippen molar-refractivity contribution >= 4 is 74.1 Å². The third-order valence-electron chi connectivity index (χ3n) is 7.15. The molecule has 5 aromatic rings. The number of nitrogens with one attached hydrogen (secondary N) is 1. The van der Waals surface area contributed by atoms with Gasteiger partial charge in [-0.25, -0.2) is 10.0 Å². The van der Waals surface area contributed by atoms with Crippen molar-refractivity contribution < 1.29 is 4.79 Å². The Bertz CT molecular complexity index is 2080. The van der Waals surface area contributed by atoms with E-state index in [-0.39, 0.29) is 11.5 Å². The van der Waals surface area contributed by atoms with Crippen LogP contribution in [-0.4, -0.2) is 23.4 Å². The molecule has 0 aliphatic carbocycles.